The molecule has 1 aromatic rings. The fourth-order valence-electron chi connectivity index (χ4n) is 4.15. The molecule has 5 nitrogen and oxygen atoms in total. The van der Waals surface area contributed by atoms with Gasteiger partial charge in [-0.15, -0.1) is 0 Å². The van der Waals surface area contributed by atoms with Crippen molar-refractivity contribution in [2.45, 2.75) is 43.1 Å². The summed E-state index contributed by atoms with van der Waals surface area (Å²) in [6.45, 7) is 2.42. The Labute approximate surface area is 138 Å². The summed E-state index contributed by atoms with van der Waals surface area (Å²) in [7, 11) is -2.98. The fraction of sp³-hybridized carbons (Fsp3) is 0.706. The Balaban J connectivity index is 1.38. The Morgan fingerprint density at radius 1 is 1.26 bits per heavy atom. The van der Waals surface area contributed by atoms with Gasteiger partial charge in [0.2, 0.25) is 0 Å². The van der Waals surface area contributed by atoms with Crippen molar-refractivity contribution in [2.75, 3.05) is 25.4 Å². The number of rotatable bonds is 5. The molecule has 3 aliphatic rings. The molecule has 3 fully saturated rings. The van der Waals surface area contributed by atoms with Crippen LogP contribution in [0.15, 0.2) is 24.4 Å². The van der Waals surface area contributed by atoms with Crippen LogP contribution in [-0.4, -0.2) is 54.5 Å². The number of likely N-dealkylation sites (tertiary alicyclic amines) is 1. The van der Waals surface area contributed by atoms with E-state index in [0.29, 0.717) is 25.0 Å². The van der Waals surface area contributed by atoms with Gasteiger partial charge in [0, 0.05) is 31.2 Å². The minimum absolute atomic E-state index is 0.132. The second kappa shape index (κ2) is 5.83. The molecule has 0 aromatic carbocycles. The van der Waals surface area contributed by atoms with E-state index in [1.54, 1.807) is 6.20 Å². The zero-order chi connectivity index (χ0) is 15.9. The van der Waals surface area contributed by atoms with E-state index in [1.165, 1.54) is 19.3 Å². The van der Waals surface area contributed by atoms with Crippen molar-refractivity contribution in [1.82, 2.24) is 9.88 Å². The second-order valence-corrected chi connectivity index (χ2v) is 9.65. The van der Waals surface area contributed by atoms with E-state index in [9.17, 15) is 8.42 Å². The van der Waals surface area contributed by atoms with E-state index in [2.05, 4.69) is 9.88 Å². The van der Waals surface area contributed by atoms with Crippen LogP contribution in [0.3, 0.4) is 0 Å². The monoisotopic (exact) mass is 336 g/mol. The quantitative estimate of drug-likeness (QED) is 0.818. The molecule has 0 N–H and O–H groups in total. The van der Waals surface area contributed by atoms with Gasteiger partial charge in [0.1, 0.15) is 4.75 Å². The largest absolute Gasteiger partial charge is 0.375 e. The molecule has 1 spiro atoms. The molecular formula is C17H24N2O3S. The molecule has 0 bridgehead atoms. The average molecular weight is 336 g/mol. The van der Waals surface area contributed by atoms with Crippen LogP contribution in [0, 0.1) is 5.92 Å². The summed E-state index contributed by atoms with van der Waals surface area (Å²) in [5.74, 6) is 0.455. The van der Waals surface area contributed by atoms with Crippen LogP contribution in [0.4, 0.5) is 0 Å². The first-order valence-electron chi connectivity index (χ1n) is 8.55. The van der Waals surface area contributed by atoms with Crippen molar-refractivity contribution < 1.29 is 13.2 Å². The third-order valence-electron chi connectivity index (χ3n) is 5.93. The van der Waals surface area contributed by atoms with Crippen molar-refractivity contribution in [3.8, 4) is 0 Å². The molecule has 1 aromatic heterocycles. The standard InChI is InChI=1S/C17H24N2O3S/c20-23(21)9-7-14(10-22-11-15-4-1-2-8-18-15)17(23)12-19(13-17)16-5-3-6-16/h1-2,4,8,14,16H,3,5-7,9-13H2/t14-/m1/s1. The zero-order valence-electron chi connectivity index (χ0n) is 13.4. The Hall–Kier alpha value is -0.980. The number of hydrogen-bond acceptors (Lipinski definition) is 5. The number of nitrogens with zero attached hydrogens (tertiary/aromatic N) is 2. The fourth-order valence-corrected chi connectivity index (χ4v) is 6.57. The number of ether oxygens (including phenoxy) is 1. The third kappa shape index (κ3) is 2.61. The van der Waals surface area contributed by atoms with Crippen LogP contribution < -0.4 is 0 Å². The molecule has 126 valence electrons. The van der Waals surface area contributed by atoms with Gasteiger partial charge in [-0.3, -0.25) is 9.88 Å². The van der Waals surface area contributed by atoms with E-state index in [-0.39, 0.29) is 5.92 Å². The van der Waals surface area contributed by atoms with Crippen molar-refractivity contribution in [2.24, 2.45) is 5.92 Å². The van der Waals surface area contributed by atoms with Gasteiger partial charge in [0.05, 0.1) is 24.7 Å². The lowest BCUT2D eigenvalue weighted by Gasteiger charge is -2.55. The molecule has 1 aliphatic carbocycles. The Morgan fingerprint density at radius 2 is 2.09 bits per heavy atom. The van der Waals surface area contributed by atoms with Crippen molar-refractivity contribution in [1.29, 1.82) is 0 Å². The summed E-state index contributed by atoms with van der Waals surface area (Å²) in [4.78, 5) is 6.62. The summed E-state index contributed by atoms with van der Waals surface area (Å²) in [5.41, 5.74) is 0.895. The predicted molar refractivity (Wildman–Crippen MR) is 87.7 cm³/mol. The van der Waals surface area contributed by atoms with Gasteiger partial charge in [0.25, 0.3) is 0 Å². The van der Waals surface area contributed by atoms with Crippen molar-refractivity contribution in [3.63, 3.8) is 0 Å². The Morgan fingerprint density at radius 3 is 2.74 bits per heavy atom. The normalized spacial score (nSPS) is 29.3. The second-order valence-electron chi connectivity index (χ2n) is 7.20. The van der Waals surface area contributed by atoms with Crippen LogP contribution in [0.2, 0.25) is 0 Å². The molecule has 23 heavy (non-hydrogen) atoms. The van der Waals surface area contributed by atoms with E-state index < -0.39 is 14.6 Å². The molecule has 6 heteroatoms. The lowest BCUT2D eigenvalue weighted by molar-refractivity contribution is -0.0154. The van der Waals surface area contributed by atoms with Gasteiger partial charge in [-0.2, -0.15) is 0 Å². The maximum absolute atomic E-state index is 12.6. The molecule has 0 amide bonds. The lowest BCUT2D eigenvalue weighted by Crippen LogP contribution is -2.70. The molecule has 0 unspecified atom stereocenters. The molecule has 1 saturated carbocycles. The maximum atomic E-state index is 12.6. The summed E-state index contributed by atoms with van der Waals surface area (Å²) >= 11 is 0. The predicted octanol–water partition coefficient (Wildman–Crippen LogP) is 1.64. The van der Waals surface area contributed by atoms with Crippen LogP contribution >= 0.6 is 0 Å². The zero-order valence-corrected chi connectivity index (χ0v) is 14.2. The van der Waals surface area contributed by atoms with Crippen molar-refractivity contribution in [3.05, 3.63) is 30.1 Å². The third-order valence-corrected chi connectivity index (χ3v) is 8.53. The van der Waals surface area contributed by atoms with Crippen LogP contribution in [0.1, 0.15) is 31.4 Å². The average Bonchev–Trinajstić information content (AvgIpc) is 2.70. The molecule has 1 atom stereocenters. The van der Waals surface area contributed by atoms with Gasteiger partial charge in [-0.1, -0.05) is 12.5 Å². The number of pyridine rings is 1. The highest BCUT2D eigenvalue weighted by Gasteiger charge is 2.62. The van der Waals surface area contributed by atoms with Crippen LogP contribution in [-0.2, 0) is 21.2 Å². The Kier molecular flexibility index (Phi) is 3.94. The maximum Gasteiger partial charge on any atom is 0.158 e. The molecule has 4 rings (SSSR count). The van der Waals surface area contributed by atoms with Gasteiger partial charge >= 0.3 is 0 Å². The number of sulfone groups is 1. The molecule has 0 radical (unpaired) electrons. The van der Waals surface area contributed by atoms with Crippen LogP contribution in [0.25, 0.3) is 0 Å². The highest BCUT2D eigenvalue weighted by molar-refractivity contribution is 7.93. The van der Waals surface area contributed by atoms with E-state index in [4.69, 9.17) is 4.74 Å². The summed E-state index contributed by atoms with van der Waals surface area (Å²) in [6.07, 6.45) is 6.25. The van der Waals surface area contributed by atoms with Crippen LogP contribution in [0.5, 0.6) is 0 Å². The van der Waals surface area contributed by atoms with Gasteiger partial charge < -0.3 is 4.74 Å². The lowest BCUT2D eigenvalue weighted by atomic mass is 9.79. The molecule has 2 saturated heterocycles. The van der Waals surface area contributed by atoms with Gasteiger partial charge in [-0.05, 0) is 31.4 Å². The smallest absolute Gasteiger partial charge is 0.158 e. The first-order valence-corrected chi connectivity index (χ1v) is 10.2. The van der Waals surface area contributed by atoms with E-state index in [1.807, 2.05) is 18.2 Å². The highest BCUT2D eigenvalue weighted by Crippen LogP contribution is 2.47. The molecular weight excluding hydrogens is 312 g/mol. The van der Waals surface area contributed by atoms with Gasteiger partial charge in [0.15, 0.2) is 9.84 Å². The van der Waals surface area contributed by atoms with E-state index >= 15 is 0 Å². The first-order chi connectivity index (χ1) is 11.1. The SMILES string of the molecule is O=S1(=O)CC[C@H](COCc2ccccn2)C12CN(C1CCC1)C2. The molecule has 3 heterocycles. The molecule has 2 aliphatic heterocycles. The van der Waals surface area contributed by atoms with E-state index in [0.717, 1.165) is 25.2 Å². The van der Waals surface area contributed by atoms with Crippen molar-refractivity contribution >= 4 is 9.84 Å². The number of hydrogen-bond donors (Lipinski definition) is 0. The van der Waals surface area contributed by atoms with Gasteiger partial charge in [-0.25, -0.2) is 8.42 Å². The minimum atomic E-state index is -2.98. The topological polar surface area (TPSA) is 59.5 Å². The Bertz CT molecular complexity index is 652. The summed E-state index contributed by atoms with van der Waals surface area (Å²) in [6, 6.07) is 6.38. The highest BCUT2D eigenvalue weighted by atomic mass is 32.2. The summed E-state index contributed by atoms with van der Waals surface area (Å²) in [5, 5.41) is 0. The number of aromatic nitrogens is 1. The minimum Gasteiger partial charge on any atom is -0.375 e. The first kappa shape index (κ1) is 15.5. The summed E-state index contributed by atoms with van der Waals surface area (Å²) < 4.78 is 30.5.